The second kappa shape index (κ2) is 6.92. The molecule has 7 heteroatoms. The average molecular weight is 315 g/mol. The third kappa shape index (κ3) is 3.96. The van der Waals surface area contributed by atoms with Crippen LogP contribution in [0.2, 0.25) is 0 Å². The molecule has 0 unspecified atom stereocenters. The van der Waals surface area contributed by atoms with E-state index in [1.165, 1.54) is 6.20 Å². The number of carbonyl (C=O) groups is 1. The van der Waals surface area contributed by atoms with Gasteiger partial charge in [0.25, 0.3) is 5.91 Å². The molecular formula is C16H21N5O2. The van der Waals surface area contributed by atoms with E-state index >= 15 is 0 Å². The standard InChI is InChI=1S/C16H21N5O2/c1-2-3-6-16(20-21-16)7-10-18-14(22)13-11-19-15(23-13)12-4-8-17-9-5-12/h1,11-12,17H,3-10H2,(H,18,22). The molecule has 3 heterocycles. The highest BCUT2D eigenvalue weighted by Gasteiger charge is 2.38. The predicted molar refractivity (Wildman–Crippen MR) is 84.0 cm³/mol. The van der Waals surface area contributed by atoms with Gasteiger partial charge in [0.15, 0.2) is 11.6 Å². The van der Waals surface area contributed by atoms with E-state index in [0.717, 1.165) is 32.4 Å². The van der Waals surface area contributed by atoms with Crippen LogP contribution in [0, 0.1) is 12.3 Å². The van der Waals surface area contributed by atoms with E-state index in [1.807, 2.05) is 0 Å². The van der Waals surface area contributed by atoms with Crippen molar-refractivity contribution in [2.75, 3.05) is 19.6 Å². The summed E-state index contributed by atoms with van der Waals surface area (Å²) < 4.78 is 5.62. The van der Waals surface area contributed by atoms with Crippen molar-refractivity contribution in [1.29, 1.82) is 0 Å². The summed E-state index contributed by atoms with van der Waals surface area (Å²) >= 11 is 0. The zero-order chi connectivity index (χ0) is 16.1. The topological polar surface area (TPSA) is 91.9 Å². The van der Waals surface area contributed by atoms with E-state index in [4.69, 9.17) is 10.8 Å². The molecule has 122 valence electrons. The number of piperidine rings is 1. The predicted octanol–water partition coefficient (Wildman–Crippen LogP) is 1.84. The fraction of sp³-hybridized carbons (Fsp3) is 0.625. The summed E-state index contributed by atoms with van der Waals surface area (Å²) in [5, 5.41) is 14.2. The Morgan fingerprint density at radius 3 is 2.91 bits per heavy atom. The number of oxazole rings is 1. The average Bonchev–Trinajstić information content (AvgIpc) is 3.17. The van der Waals surface area contributed by atoms with Gasteiger partial charge in [-0.05, 0) is 25.9 Å². The van der Waals surface area contributed by atoms with Crippen LogP contribution in [0.1, 0.15) is 54.5 Å². The molecule has 1 aromatic rings. The minimum absolute atomic E-state index is 0.245. The Hall–Kier alpha value is -2.20. The molecule has 1 amide bonds. The smallest absolute Gasteiger partial charge is 0.288 e. The molecule has 23 heavy (non-hydrogen) atoms. The first-order valence-corrected chi connectivity index (χ1v) is 8.05. The number of amides is 1. The largest absolute Gasteiger partial charge is 0.435 e. The molecule has 0 aromatic carbocycles. The van der Waals surface area contributed by atoms with Crippen molar-refractivity contribution in [3.8, 4) is 12.3 Å². The molecule has 1 fully saturated rings. The van der Waals surface area contributed by atoms with E-state index in [0.29, 0.717) is 31.2 Å². The van der Waals surface area contributed by atoms with Crippen LogP contribution in [0.25, 0.3) is 0 Å². The Bertz CT molecular complexity index is 619. The van der Waals surface area contributed by atoms with Crippen molar-refractivity contribution in [3.63, 3.8) is 0 Å². The SMILES string of the molecule is C#CCCC1(CCNC(=O)c2cnc(C3CCNCC3)o2)N=N1. The van der Waals surface area contributed by atoms with Crippen molar-refractivity contribution in [2.45, 2.75) is 43.7 Å². The minimum Gasteiger partial charge on any atom is -0.435 e. The van der Waals surface area contributed by atoms with Crippen molar-refractivity contribution < 1.29 is 9.21 Å². The molecular weight excluding hydrogens is 294 g/mol. The minimum atomic E-state index is -0.374. The van der Waals surface area contributed by atoms with E-state index < -0.39 is 0 Å². The number of rotatable bonds is 7. The van der Waals surface area contributed by atoms with Gasteiger partial charge in [0.1, 0.15) is 0 Å². The number of carbonyl (C=O) groups excluding carboxylic acids is 1. The summed E-state index contributed by atoms with van der Waals surface area (Å²) in [4.78, 5) is 16.4. The van der Waals surface area contributed by atoms with E-state index in [9.17, 15) is 4.79 Å². The van der Waals surface area contributed by atoms with Gasteiger partial charge >= 0.3 is 0 Å². The van der Waals surface area contributed by atoms with Crippen LogP contribution in [0.3, 0.4) is 0 Å². The lowest BCUT2D eigenvalue weighted by molar-refractivity contribution is 0.0921. The lowest BCUT2D eigenvalue weighted by atomic mass is 9.98. The van der Waals surface area contributed by atoms with Crippen LogP contribution in [0.15, 0.2) is 20.8 Å². The summed E-state index contributed by atoms with van der Waals surface area (Å²) in [7, 11) is 0. The van der Waals surface area contributed by atoms with Gasteiger partial charge in [-0.1, -0.05) is 0 Å². The van der Waals surface area contributed by atoms with Gasteiger partial charge < -0.3 is 15.1 Å². The van der Waals surface area contributed by atoms with Gasteiger partial charge in [-0.2, -0.15) is 10.2 Å². The molecule has 0 radical (unpaired) electrons. The second-order valence-corrected chi connectivity index (χ2v) is 5.98. The van der Waals surface area contributed by atoms with E-state index in [1.54, 1.807) is 0 Å². The Balaban J connectivity index is 1.45. The Morgan fingerprint density at radius 1 is 1.43 bits per heavy atom. The highest BCUT2D eigenvalue weighted by Crippen LogP contribution is 2.36. The van der Waals surface area contributed by atoms with Crippen LogP contribution in [0.4, 0.5) is 0 Å². The number of nitrogens with one attached hydrogen (secondary N) is 2. The molecule has 1 aromatic heterocycles. The third-order valence-corrected chi connectivity index (χ3v) is 4.30. The molecule has 0 saturated carbocycles. The zero-order valence-corrected chi connectivity index (χ0v) is 13.0. The second-order valence-electron chi connectivity index (χ2n) is 5.98. The summed E-state index contributed by atoms with van der Waals surface area (Å²) in [6.45, 7) is 2.41. The molecule has 0 spiro atoms. The molecule has 0 bridgehead atoms. The van der Waals surface area contributed by atoms with Crippen molar-refractivity contribution in [2.24, 2.45) is 10.2 Å². The van der Waals surface area contributed by atoms with E-state index in [-0.39, 0.29) is 17.3 Å². The molecule has 3 rings (SSSR count). The molecule has 0 aliphatic carbocycles. The van der Waals surface area contributed by atoms with Crippen molar-refractivity contribution >= 4 is 5.91 Å². The van der Waals surface area contributed by atoms with Gasteiger partial charge in [-0.15, -0.1) is 12.3 Å². The van der Waals surface area contributed by atoms with Gasteiger partial charge in [0.05, 0.1) is 6.20 Å². The summed E-state index contributed by atoms with van der Waals surface area (Å²) in [5.41, 5.74) is -0.374. The zero-order valence-electron chi connectivity index (χ0n) is 13.0. The Kier molecular flexibility index (Phi) is 4.72. The Morgan fingerprint density at radius 2 is 2.22 bits per heavy atom. The van der Waals surface area contributed by atoms with Gasteiger partial charge in [0, 0.05) is 31.7 Å². The maximum absolute atomic E-state index is 12.1. The summed E-state index contributed by atoms with van der Waals surface area (Å²) in [5.74, 6) is 3.57. The van der Waals surface area contributed by atoms with Crippen LogP contribution >= 0.6 is 0 Å². The van der Waals surface area contributed by atoms with Crippen molar-refractivity contribution in [1.82, 2.24) is 15.6 Å². The molecule has 2 N–H and O–H groups in total. The number of hydrogen-bond acceptors (Lipinski definition) is 6. The lowest BCUT2D eigenvalue weighted by Crippen LogP contribution is -2.28. The molecule has 2 aliphatic rings. The van der Waals surface area contributed by atoms with Crippen LogP contribution < -0.4 is 10.6 Å². The normalized spacial score (nSPS) is 19.3. The highest BCUT2D eigenvalue weighted by atomic mass is 16.4. The number of hydrogen-bond donors (Lipinski definition) is 2. The lowest BCUT2D eigenvalue weighted by Gasteiger charge is -2.19. The monoisotopic (exact) mass is 315 g/mol. The maximum atomic E-state index is 12.1. The number of aromatic nitrogens is 1. The van der Waals surface area contributed by atoms with Gasteiger partial charge in [-0.25, -0.2) is 4.98 Å². The van der Waals surface area contributed by atoms with Crippen LogP contribution in [-0.4, -0.2) is 36.2 Å². The molecule has 1 saturated heterocycles. The fourth-order valence-electron chi connectivity index (χ4n) is 2.78. The molecule has 0 atom stereocenters. The first-order valence-electron chi connectivity index (χ1n) is 8.05. The summed E-state index contributed by atoms with van der Waals surface area (Å²) in [6.07, 6.45) is 10.8. The fourth-order valence-corrected chi connectivity index (χ4v) is 2.78. The van der Waals surface area contributed by atoms with Crippen LogP contribution in [-0.2, 0) is 0 Å². The maximum Gasteiger partial charge on any atom is 0.288 e. The van der Waals surface area contributed by atoms with Crippen LogP contribution in [0.5, 0.6) is 0 Å². The van der Waals surface area contributed by atoms with Gasteiger partial charge in [0.2, 0.25) is 5.76 Å². The number of nitrogens with zero attached hydrogens (tertiary/aromatic N) is 3. The third-order valence-electron chi connectivity index (χ3n) is 4.30. The first-order chi connectivity index (χ1) is 11.2. The molecule has 2 aliphatic heterocycles. The Labute approximate surface area is 135 Å². The summed E-state index contributed by atoms with van der Waals surface area (Å²) in [6, 6.07) is 0. The van der Waals surface area contributed by atoms with Crippen molar-refractivity contribution in [3.05, 3.63) is 17.8 Å². The molecule has 7 nitrogen and oxygen atoms in total. The van der Waals surface area contributed by atoms with Gasteiger partial charge in [-0.3, -0.25) is 4.79 Å². The van der Waals surface area contributed by atoms with E-state index in [2.05, 4.69) is 31.8 Å². The first kappa shape index (κ1) is 15.7. The quantitative estimate of drug-likeness (QED) is 0.751. The number of terminal acetylenes is 1. The highest BCUT2D eigenvalue weighted by molar-refractivity contribution is 5.91.